The average Bonchev–Trinajstić information content (AvgIpc) is 2.49. The van der Waals surface area contributed by atoms with Crippen LogP contribution in [0.4, 0.5) is 5.69 Å². The first kappa shape index (κ1) is 13.6. The number of allylic oxidation sites excluding steroid dienone is 2. The molecular weight excluding hydrogens is 250 g/mol. The molecule has 19 heavy (non-hydrogen) atoms. The van der Waals surface area contributed by atoms with Crippen molar-refractivity contribution in [1.29, 1.82) is 0 Å². The van der Waals surface area contributed by atoms with E-state index in [1.54, 1.807) is 11.8 Å². The Balaban J connectivity index is 2.26. The molecule has 0 atom stereocenters. The molecule has 0 aliphatic carbocycles. The number of thioether (sulfide) groups is 1. The van der Waals surface area contributed by atoms with Crippen LogP contribution in [0.1, 0.15) is 12.5 Å². The van der Waals surface area contributed by atoms with Crippen LogP contribution >= 0.6 is 11.8 Å². The van der Waals surface area contributed by atoms with Gasteiger partial charge in [0.1, 0.15) is 0 Å². The lowest BCUT2D eigenvalue weighted by Gasteiger charge is -2.03. The molecule has 0 N–H and O–H groups in total. The molecule has 2 aromatic rings. The van der Waals surface area contributed by atoms with Crippen LogP contribution in [0.15, 0.2) is 70.6 Å². The van der Waals surface area contributed by atoms with E-state index in [4.69, 9.17) is 0 Å². The van der Waals surface area contributed by atoms with Crippen LogP contribution in [0, 0.1) is 0 Å². The predicted octanol–water partition coefficient (Wildman–Crippen LogP) is 5.21. The van der Waals surface area contributed by atoms with Gasteiger partial charge in [0.15, 0.2) is 0 Å². The summed E-state index contributed by atoms with van der Waals surface area (Å²) in [5.74, 6) is 0. The maximum atomic E-state index is 4.61. The standard InChI is InChI=1S/C17H17NS/c1-3-14(15-9-5-4-6-10-15)13-18-16-11-7-8-12-17(16)19-2/h3-13H,1-2H3/b14-3+,18-13?. The summed E-state index contributed by atoms with van der Waals surface area (Å²) >= 11 is 1.72. The fourth-order valence-electron chi connectivity index (χ4n) is 1.82. The van der Waals surface area contributed by atoms with Crippen molar-refractivity contribution in [2.45, 2.75) is 11.8 Å². The lowest BCUT2D eigenvalue weighted by Crippen LogP contribution is -1.85. The Labute approximate surface area is 119 Å². The fourth-order valence-corrected chi connectivity index (χ4v) is 2.37. The van der Waals surface area contributed by atoms with Gasteiger partial charge in [0.2, 0.25) is 0 Å². The highest BCUT2D eigenvalue weighted by Crippen LogP contribution is 2.27. The zero-order valence-electron chi connectivity index (χ0n) is 11.2. The van der Waals surface area contributed by atoms with E-state index in [1.165, 1.54) is 10.5 Å². The molecule has 2 heteroatoms. The van der Waals surface area contributed by atoms with Crippen molar-refractivity contribution in [3.05, 3.63) is 66.2 Å². The molecule has 0 aromatic heterocycles. The molecule has 0 bridgehead atoms. The third-order valence-electron chi connectivity index (χ3n) is 2.85. The SMILES string of the molecule is C/C=C(\C=Nc1ccccc1SC)c1ccccc1. The van der Waals surface area contributed by atoms with E-state index >= 15 is 0 Å². The first-order valence-electron chi connectivity index (χ1n) is 6.24. The Kier molecular flexibility index (Phi) is 4.99. The second-order valence-corrected chi connectivity index (χ2v) is 4.89. The van der Waals surface area contributed by atoms with Crippen molar-refractivity contribution in [3.63, 3.8) is 0 Å². The first-order chi connectivity index (χ1) is 9.35. The van der Waals surface area contributed by atoms with Crippen LogP contribution in [-0.4, -0.2) is 12.5 Å². The van der Waals surface area contributed by atoms with Crippen molar-refractivity contribution in [1.82, 2.24) is 0 Å². The van der Waals surface area contributed by atoms with Crippen LogP contribution < -0.4 is 0 Å². The smallest absolute Gasteiger partial charge is 0.0765 e. The molecule has 0 heterocycles. The predicted molar refractivity (Wildman–Crippen MR) is 86.5 cm³/mol. The summed E-state index contributed by atoms with van der Waals surface area (Å²) in [5, 5.41) is 0. The first-order valence-corrected chi connectivity index (χ1v) is 7.46. The van der Waals surface area contributed by atoms with Crippen LogP contribution in [0.2, 0.25) is 0 Å². The molecular formula is C17H17NS. The number of benzene rings is 2. The highest BCUT2D eigenvalue weighted by atomic mass is 32.2. The molecule has 0 amide bonds. The number of para-hydroxylation sites is 1. The quantitative estimate of drug-likeness (QED) is 0.547. The van der Waals surface area contributed by atoms with Gasteiger partial charge in [0, 0.05) is 11.1 Å². The van der Waals surface area contributed by atoms with Gasteiger partial charge >= 0.3 is 0 Å². The average molecular weight is 267 g/mol. The van der Waals surface area contributed by atoms with Crippen molar-refractivity contribution in [2.75, 3.05) is 6.26 Å². The molecule has 0 unspecified atom stereocenters. The molecule has 0 aliphatic heterocycles. The summed E-state index contributed by atoms with van der Waals surface area (Å²) in [6, 6.07) is 18.5. The van der Waals surface area contributed by atoms with E-state index in [0.29, 0.717) is 0 Å². The molecule has 0 saturated heterocycles. The topological polar surface area (TPSA) is 12.4 Å². The van der Waals surface area contributed by atoms with Gasteiger partial charge in [-0.1, -0.05) is 48.5 Å². The molecule has 0 radical (unpaired) electrons. The van der Waals surface area contributed by atoms with Crippen LogP contribution in [0.25, 0.3) is 5.57 Å². The Morgan fingerprint density at radius 1 is 1.00 bits per heavy atom. The number of hydrogen-bond donors (Lipinski definition) is 0. The van der Waals surface area contributed by atoms with Crippen LogP contribution in [0.5, 0.6) is 0 Å². The summed E-state index contributed by atoms with van der Waals surface area (Å²) in [6.07, 6.45) is 6.09. The van der Waals surface area contributed by atoms with Gasteiger partial charge in [-0.15, -0.1) is 11.8 Å². The van der Waals surface area contributed by atoms with Gasteiger partial charge in [0.25, 0.3) is 0 Å². The normalized spacial score (nSPS) is 12.0. The van der Waals surface area contributed by atoms with Gasteiger partial charge in [-0.25, -0.2) is 0 Å². The molecule has 0 aliphatic rings. The minimum absolute atomic E-state index is 1.02. The fraction of sp³-hybridized carbons (Fsp3) is 0.118. The number of aliphatic imine (C=N–C) groups is 1. The van der Waals surface area contributed by atoms with Crippen molar-refractivity contribution in [2.24, 2.45) is 4.99 Å². The summed E-state index contributed by atoms with van der Waals surface area (Å²) < 4.78 is 0. The van der Waals surface area contributed by atoms with Gasteiger partial charge in [0.05, 0.1) is 5.69 Å². The van der Waals surface area contributed by atoms with Gasteiger partial charge in [-0.3, -0.25) is 4.99 Å². The molecule has 2 aromatic carbocycles. The Morgan fingerprint density at radius 3 is 2.37 bits per heavy atom. The molecule has 0 fully saturated rings. The minimum atomic E-state index is 1.02. The number of nitrogens with zero attached hydrogens (tertiary/aromatic N) is 1. The lowest BCUT2D eigenvalue weighted by molar-refractivity contribution is 1.39. The van der Waals surface area contributed by atoms with E-state index in [9.17, 15) is 0 Å². The van der Waals surface area contributed by atoms with E-state index in [0.717, 1.165) is 11.3 Å². The summed E-state index contributed by atoms with van der Waals surface area (Å²) in [5.41, 5.74) is 3.34. The Morgan fingerprint density at radius 2 is 1.68 bits per heavy atom. The van der Waals surface area contributed by atoms with Crippen molar-refractivity contribution < 1.29 is 0 Å². The summed E-state index contributed by atoms with van der Waals surface area (Å²) in [4.78, 5) is 5.81. The van der Waals surface area contributed by atoms with E-state index in [1.807, 2.05) is 49.5 Å². The van der Waals surface area contributed by atoms with E-state index in [2.05, 4.69) is 35.5 Å². The maximum absolute atomic E-state index is 4.61. The molecule has 2 rings (SSSR count). The second-order valence-electron chi connectivity index (χ2n) is 4.04. The van der Waals surface area contributed by atoms with Crippen molar-refractivity contribution >= 4 is 29.2 Å². The minimum Gasteiger partial charge on any atom is -0.255 e. The number of hydrogen-bond acceptors (Lipinski definition) is 2. The lowest BCUT2D eigenvalue weighted by atomic mass is 10.1. The Bertz CT molecular complexity index is 585. The maximum Gasteiger partial charge on any atom is 0.0765 e. The van der Waals surface area contributed by atoms with Crippen LogP contribution in [0.3, 0.4) is 0 Å². The Hall–Kier alpha value is -1.80. The second kappa shape index (κ2) is 6.95. The summed E-state index contributed by atoms with van der Waals surface area (Å²) in [7, 11) is 0. The van der Waals surface area contributed by atoms with Gasteiger partial charge in [-0.2, -0.15) is 0 Å². The van der Waals surface area contributed by atoms with Gasteiger partial charge in [-0.05, 0) is 36.4 Å². The molecule has 1 nitrogen and oxygen atoms in total. The van der Waals surface area contributed by atoms with Gasteiger partial charge < -0.3 is 0 Å². The zero-order chi connectivity index (χ0) is 13.5. The van der Waals surface area contributed by atoms with E-state index in [-0.39, 0.29) is 0 Å². The highest BCUT2D eigenvalue weighted by Gasteiger charge is 1.99. The summed E-state index contributed by atoms with van der Waals surface area (Å²) in [6.45, 7) is 2.04. The molecule has 96 valence electrons. The zero-order valence-corrected chi connectivity index (χ0v) is 12.0. The highest BCUT2D eigenvalue weighted by molar-refractivity contribution is 7.98. The molecule has 0 spiro atoms. The monoisotopic (exact) mass is 267 g/mol. The molecule has 0 saturated carbocycles. The largest absolute Gasteiger partial charge is 0.255 e. The number of rotatable bonds is 4. The third-order valence-corrected chi connectivity index (χ3v) is 3.63. The van der Waals surface area contributed by atoms with Crippen LogP contribution in [-0.2, 0) is 0 Å². The van der Waals surface area contributed by atoms with Crippen molar-refractivity contribution in [3.8, 4) is 0 Å². The third kappa shape index (κ3) is 3.58. The van der Waals surface area contributed by atoms with E-state index < -0.39 is 0 Å².